The lowest BCUT2D eigenvalue weighted by atomic mass is 10.2. The minimum absolute atomic E-state index is 0.102. The summed E-state index contributed by atoms with van der Waals surface area (Å²) in [5.74, 6) is -2.47. The molecule has 0 spiro atoms. The number of carboxylic acids is 1. The number of thiophene rings is 1. The minimum Gasteiger partial charge on any atom is -0.475 e. The van der Waals surface area contributed by atoms with E-state index in [1.165, 1.54) is 11.3 Å². The fourth-order valence-electron chi connectivity index (χ4n) is 1.89. The average Bonchev–Trinajstić information content (AvgIpc) is 3.02. The molecule has 102 valence electrons. The fourth-order valence-corrected chi connectivity index (χ4v) is 2.83. The van der Waals surface area contributed by atoms with Gasteiger partial charge in [0.1, 0.15) is 0 Å². The van der Waals surface area contributed by atoms with Crippen molar-refractivity contribution in [3.63, 3.8) is 0 Å². The largest absolute Gasteiger partial charge is 0.475 e. The molecule has 0 unspecified atom stereocenters. The van der Waals surface area contributed by atoms with Crippen LogP contribution in [-0.4, -0.2) is 16.1 Å². The number of oxazole rings is 1. The second-order valence-corrected chi connectivity index (χ2v) is 4.90. The number of aromatic carboxylic acids is 1. The van der Waals surface area contributed by atoms with E-state index in [-0.39, 0.29) is 5.89 Å². The van der Waals surface area contributed by atoms with E-state index in [0.717, 1.165) is 10.1 Å². The molecular formula is C13H7F2NO3S. The lowest BCUT2D eigenvalue weighted by Gasteiger charge is -1.92. The van der Waals surface area contributed by atoms with Crippen LogP contribution in [-0.2, 0) is 0 Å². The van der Waals surface area contributed by atoms with Gasteiger partial charge in [0.15, 0.2) is 5.69 Å². The summed E-state index contributed by atoms with van der Waals surface area (Å²) in [4.78, 5) is 14.5. The summed E-state index contributed by atoms with van der Waals surface area (Å²) in [5, 5.41) is 11.4. The summed E-state index contributed by atoms with van der Waals surface area (Å²) in [6.45, 7) is 0. The van der Waals surface area contributed by atoms with Gasteiger partial charge >= 0.3 is 5.97 Å². The third-order valence-corrected chi connectivity index (χ3v) is 3.73. The predicted octanol–water partition coefficient (Wildman–Crippen LogP) is 4.19. The van der Waals surface area contributed by atoms with E-state index in [1.807, 2.05) is 12.1 Å². The van der Waals surface area contributed by atoms with Gasteiger partial charge in [0.25, 0.3) is 6.43 Å². The number of fused-ring (bicyclic) bond motifs is 1. The molecule has 0 saturated heterocycles. The first-order valence-corrected chi connectivity index (χ1v) is 6.44. The summed E-state index contributed by atoms with van der Waals surface area (Å²) < 4.78 is 31.5. The van der Waals surface area contributed by atoms with Gasteiger partial charge in [-0.05, 0) is 6.07 Å². The number of hydrogen-bond acceptors (Lipinski definition) is 4. The number of rotatable bonds is 3. The van der Waals surface area contributed by atoms with Crippen molar-refractivity contribution in [3.8, 4) is 11.5 Å². The molecule has 0 aliphatic heterocycles. The van der Waals surface area contributed by atoms with Gasteiger partial charge in [-0.15, -0.1) is 11.3 Å². The molecule has 7 heteroatoms. The third-order valence-electron chi connectivity index (χ3n) is 2.77. The number of alkyl halides is 2. The molecule has 0 atom stereocenters. The Bertz CT molecular complexity index is 794. The monoisotopic (exact) mass is 295 g/mol. The van der Waals surface area contributed by atoms with Crippen molar-refractivity contribution in [3.05, 3.63) is 41.1 Å². The molecule has 0 bridgehead atoms. The molecule has 0 fully saturated rings. The molecule has 1 N–H and O–H groups in total. The van der Waals surface area contributed by atoms with Crippen LogP contribution in [0.4, 0.5) is 8.78 Å². The molecule has 2 aromatic heterocycles. The zero-order valence-electron chi connectivity index (χ0n) is 9.84. The molecule has 4 nitrogen and oxygen atoms in total. The Labute approximate surface area is 115 Å². The second-order valence-electron chi connectivity index (χ2n) is 3.98. The van der Waals surface area contributed by atoms with Crippen molar-refractivity contribution in [1.29, 1.82) is 0 Å². The molecule has 0 aliphatic carbocycles. The van der Waals surface area contributed by atoms with Crippen molar-refractivity contribution in [1.82, 2.24) is 4.98 Å². The molecule has 0 saturated carbocycles. The molecule has 20 heavy (non-hydrogen) atoms. The Hall–Kier alpha value is -2.28. The first kappa shape index (κ1) is 12.7. The van der Waals surface area contributed by atoms with Gasteiger partial charge in [-0.2, -0.15) is 0 Å². The number of halogens is 2. The highest BCUT2D eigenvalue weighted by Crippen LogP contribution is 2.35. The summed E-state index contributed by atoms with van der Waals surface area (Å²) in [7, 11) is 0. The lowest BCUT2D eigenvalue weighted by Crippen LogP contribution is -1.99. The van der Waals surface area contributed by atoms with Gasteiger partial charge in [-0.3, -0.25) is 0 Å². The van der Waals surface area contributed by atoms with Crippen LogP contribution in [0.1, 0.15) is 22.7 Å². The Balaban J connectivity index is 2.20. The molecule has 1 aromatic carbocycles. The minimum atomic E-state index is -3.00. The van der Waals surface area contributed by atoms with Crippen molar-refractivity contribution in [2.45, 2.75) is 6.43 Å². The number of carboxylic acid groups (broad SMARTS) is 1. The number of nitrogens with zero attached hydrogens (tertiary/aromatic N) is 1. The zero-order chi connectivity index (χ0) is 14.3. The van der Waals surface area contributed by atoms with Crippen LogP contribution in [0.15, 0.2) is 34.1 Å². The van der Waals surface area contributed by atoms with Crippen molar-refractivity contribution < 1.29 is 23.1 Å². The van der Waals surface area contributed by atoms with Gasteiger partial charge in [-0.25, -0.2) is 18.6 Å². The highest BCUT2D eigenvalue weighted by Gasteiger charge is 2.27. The van der Waals surface area contributed by atoms with Crippen LogP contribution in [0.25, 0.3) is 21.5 Å². The molecule has 3 rings (SSSR count). The van der Waals surface area contributed by atoms with Gasteiger partial charge < -0.3 is 9.52 Å². The van der Waals surface area contributed by atoms with E-state index < -0.39 is 23.8 Å². The predicted molar refractivity (Wildman–Crippen MR) is 69.2 cm³/mol. The van der Waals surface area contributed by atoms with Crippen LogP contribution in [0.3, 0.4) is 0 Å². The molecule has 0 aliphatic rings. The molecule has 2 heterocycles. The average molecular weight is 295 g/mol. The van der Waals surface area contributed by atoms with Crippen LogP contribution in [0.2, 0.25) is 0 Å². The summed E-state index contributed by atoms with van der Waals surface area (Å²) in [5.41, 5.74) is -0.331. The Morgan fingerprint density at radius 3 is 2.75 bits per heavy atom. The van der Waals surface area contributed by atoms with Crippen LogP contribution >= 0.6 is 11.3 Å². The van der Waals surface area contributed by atoms with Crippen molar-refractivity contribution in [2.75, 3.05) is 0 Å². The lowest BCUT2D eigenvalue weighted by molar-refractivity contribution is 0.0647. The van der Waals surface area contributed by atoms with E-state index in [2.05, 4.69) is 4.98 Å². The summed E-state index contributed by atoms with van der Waals surface area (Å²) >= 11 is 1.41. The fraction of sp³-hybridized carbons (Fsp3) is 0.0769. The number of benzene rings is 1. The maximum atomic E-state index is 12.8. The van der Waals surface area contributed by atoms with Crippen LogP contribution in [0, 0.1) is 0 Å². The Morgan fingerprint density at radius 1 is 1.35 bits per heavy atom. The first-order chi connectivity index (χ1) is 9.58. The Kier molecular flexibility index (Phi) is 2.98. The SMILES string of the molecule is O=C(O)c1oc(-c2csc3ccccc23)nc1C(F)F. The summed E-state index contributed by atoms with van der Waals surface area (Å²) in [6, 6.07) is 7.32. The quantitative estimate of drug-likeness (QED) is 0.786. The standard InChI is InChI=1S/C13H7F2NO3S/c14-11(15)9-10(13(17)18)19-12(16-9)7-5-20-8-4-2-1-3-6(7)8/h1-5,11H,(H,17,18). The van der Waals surface area contributed by atoms with Crippen LogP contribution < -0.4 is 0 Å². The van der Waals surface area contributed by atoms with E-state index >= 15 is 0 Å². The van der Waals surface area contributed by atoms with Gasteiger partial charge in [0.2, 0.25) is 11.7 Å². The number of hydrogen-bond donors (Lipinski definition) is 1. The second kappa shape index (κ2) is 4.68. The highest BCUT2D eigenvalue weighted by molar-refractivity contribution is 7.17. The first-order valence-electron chi connectivity index (χ1n) is 5.56. The van der Waals surface area contributed by atoms with Crippen molar-refractivity contribution in [2.24, 2.45) is 0 Å². The number of carbonyl (C=O) groups is 1. The zero-order valence-corrected chi connectivity index (χ0v) is 10.7. The molecule has 3 aromatic rings. The van der Waals surface area contributed by atoms with E-state index in [4.69, 9.17) is 9.52 Å². The maximum Gasteiger partial charge on any atom is 0.374 e. The van der Waals surface area contributed by atoms with Crippen molar-refractivity contribution >= 4 is 27.4 Å². The van der Waals surface area contributed by atoms with Gasteiger partial charge in [0, 0.05) is 15.5 Å². The van der Waals surface area contributed by atoms with Crippen LogP contribution in [0.5, 0.6) is 0 Å². The number of aromatic nitrogens is 1. The Morgan fingerprint density at radius 2 is 2.10 bits per heavy atom. The van der Waals surface area contributed by atoms with E-state index in [1.54, 1.807) is 17.5 Å². The van der Waals surface area contributed by atoms with Gasteiger partial charge in [0.05, 0.1) is 5.56 Å². The molecule has 0 amide bonds. The smallest absolute Gasteiger partial charge is 0.374 e. The molecule has 0 radical (unpaired) electrons. The van der Waals surface area contributed by atoms with E-state index in [9.17, 15) is 13.6 Å². The topological polar surface area (TPSA) is 63.3 Å². The van der Waals surface area contributed by atoms with E-state index in [0.29, 0.717) is 5.56 Å². The summed E-state index contributed by atoms with van der Waals surface area (Å²) in [6.07, 6.45) is -3.00. The molecular weight excluding hydrogens is 288 g/mol. The third kappa shape index (κ3) is 1.96. The normalized spacial score (nSPS) is 11.3. The maximum absolute atomic E-state index is 12.8. The van der Waals surface area contributed by atoms with Gasteiger partial charge in [-0.1, -0.05) is 18.2 Å². The highest BCUT2D eigenvalue weighted by atomic mass is 32.1.